The summed E-state index contributed by atoms with van der Waals surface area (Å²) in [4.78, 5) is 16.1. The van der Waals surface area contributed by atoms with Crippen molar-refractivity contribution in [3.63, 3.8) is 0 Å². The van der Waals surface area contributed by atoms with Crippen LogP contribution in [-0.4, -0.2) is 21.1 Å². The zero-order valence-electron chi connectivity index (χ0n) is 10.0. The van der Waals surface area contributed by atoms with E-state index in [9.17, 15) is 4.79 Å². The van der Waals surface area contributed by atoms with Gasteiger partial charge in [0, 0.05) is 11.9 Å². The molecule has 0 aliphatic carbocycles. The average Bonchev–Trinajstić information content (AvgIpc) is 2.58. The van der Waals surface area contributed by atoms with E-state index in [4.69, 9.17) is 0 Å². The van der Waals surface area contributed by atoms with Crippen molar-refractivity contribution in [2.75, 3.05) is 5.32 Å². The predicted molar refractivity (Wildman–Crippen MR) is 65.0 cm³/mol. The van der Waals surface area contributed by atoms with Crippen LogP contribution in [0.4, 0.5) is 5.82 Å². The van der Waals surface area contributed by atoms with Crippen molar-refractivity contribution in [3.8, 4) is 0 Å². The monoisotopic (exact) mass is 230 g/mol. The van der Waals surface area contributed by atoms with Crippen molar-refractivity contribution in [3.05, 3.63) is 40.8 Å². The molecular formula is C12H14N4O. The second kappa shape index (κ2) is 4.37. The lowest BCUT2D eigenvalue weighted by Crippen LogP contribution is -2.14. The number of H-pyrrole nitrogens is 1. The molecule has 0 atom stereocenters. The van der Waals surface area contributed by atoms with Gasteiger partial charge in [-0.05, 0) is 38.5 Å². The molecule has 0 spiro atoms. The number of rotatable bonds is 2. The summed E-state index contributed by atoms with van der Waals surface area (Å²) in [7, 11) is 0. The first-order valence-corrected chi connectivity index (χ1v) is 5.33. The molecule has 2 N–H and O–H groups in total. The highest BCUT2D eigenvalue weighted by atomic mass is 16.1. The molecule has 0 saturated heterocycles. The molecule has 1 amide bonds. The summed E-state index contributed by atoms with van der Waals surface area (Å²) in [6.07, 6.45) is 1.67. The third-order valence-electron chi connectivity index (χ3n) is 2.51. The highest BCUT2D eigenvalue weighted by Gasteiger charge is 2.15. The number of amides is 1. The highest BCUT2D eigenvalue weighted by molar-refractivity contribution is 6.05. The number of pyridine rings is 1. The minimum Gasteiger partial charge on any atom is -0.306 e. The number of hydrogen-bond acceptors (Lipinski definition) is 3. The molecule has 2 aromatic rings. The quantitative estimate of drug-likeness (QED) is 0.828. The Labute approximate surface area is 99.3 Å². The normalized spacial score (nSPS) is 10.3. The van der Waals surface area contributed by atoms with Crippen molar-refractivity contribution in [2.24, 2.45) is 0 Å². The van der Waals surface area contributed by atoms with Gasteiger partial charge < -0.3 is 5.32 Å². The van der Waals surface area contributed by atoms with Gasteiger partial charge in [0.05, 0.1) is 11.3 Å². The Kier molecular flexibility index (Phi) is 2.91. The maximum atomic E-state index is 12.0. The summed E-state index contributed by atoms with van der Waals surface area (Å²) in [6, 6.07) is 3.70. The summed E-state index contributed by atoms with van der Waals surface area (Å²) in [5.41, 5.74) is 3.07. The largest absolute Gasteiger partial charge is 0.306 e. The molecule has 5 heteroatoms. The zero-order chi connectivity index (χ0) is 12.4. The number of nitrogens with zero attached hydrogens (tertiary/aromatic N) is 2. The number of aromatic nitrogens is 3. The molecule has 0 aromatic carbocycles. The third-order valence-corrected chi connectivity index (χ3v) is 2.51. The van der Waals surface area contributed by atoms with Crippen molar-refractivity contribution < 1.29 is 4.79 Å². The van der Waals surface area contributed by atoms with Crippen LogP contribution < -0.4 is 5.32 Å². The number of aromatic amines is 1. The van der Waals surface area contributed by atoms with Gasteiger partial charge in [0.15, 0.2) is 0 Å². The predicted octanol–water partition coefficient (Wildman–Crippen LogP) is 1.98. The van der Waals surface area contributed by atoms with Gasteiger partial charge in [-0.3, -0.25) is 9.89 Å². The summed E-state index contributed by atoms with van der Waals surface area (Å²) in [6.45, 7) is 5.56. The summed E-state index contributed by atoms with van der Waals surface area (Å²) in [5, 5.41) is 9.53. The van der Waals surface area contributed by atoms with Crippen LogP contribution in [0.5, 0.6) is 0 Å². The van der Waals surface area contributed by atoms with E-state index >= 15 is 0 Å². The van der Waals surface area contributed by atoms with Gasteiger partial charge in [0.25, 0.3) is 5.91 Å². The van der Waals surface area contributed by atoms with Crippen molar-refractivity contribution >= 4 is 11.7 Å². The fourth-order valence-corrected chi connectivity index (χ4v) is 1.67. The Bertz CT molecular complexity index is 540. The summed E-state index contributed by atoms with van der Waals surface area (Å²) >= 11 is 0. The Balaban J connectivity index is 2.23. The van der Waals surface area contributed by atoms with E-state index in [2.05, 4.69) is 20.5 Å². The van der Waals surface area contributed by atoms with Gasteiger partial charge in [0.1, 0.15) is 5.82 Å². The van der Waals surface area contributed by atoms with E-state index in [0.717, 1.165) is 11.3 Å². The van der Waals surface area contributed by atoms with E-state index in [1.807, 2.05) is 26.0 Å². The Morgan fingerprint density at radius 2 is 2.12 bits per heavy atom. The lowest BCUT2D eigenvalue weighted by atomic mass is 10.2. The maximum absolute atomic E-state index is 12.0. The number of carbonyl (C=O) groups excluding carboxylic acids is 1. The number of anilines is 1. The summed E-state index contributed by atoms with van der Waals surface area (Å²) < 4.78 is 0. The minimum absolute atomic E-state index is 0.188. The molecule has 0 fully saturated rings. The number of aryl methyl sites for hydroxylation is 3. The van der Waals surface area contributed by atoms with Crippen LogP contribution in [0.2, 0.25) is 0 Å². The van der Waals surface area contributed by atoms with Gasteiger partial charge in [-0.2, -0.15) is 5.10 Å². The van der Waals surface area contributed by atoms with Gasteiger partial charge in [-0.1, -0.05) is 0 Å². The molecule has 17 heavy (non-hydrogen) atoms. The van der Waals surface area contributed by atoms with E-state index in [0.29, 0.717) is 17.1 Å². The Morgan fingerprint density at radius 1 is 1.35 bits per heavy atom. The van der Waals surface area contributed by atoms with Crippen molar-refractivity contribution in [1.29, 1.82) is 0 Å². The van der Waals surface area contributed by atoms with Crippen LogP contribution in [-0.2, 0) is 0 Å². The fraction of sp³-hybridized carbons (Fsp3) is 0.250. The molecule has 0 radical (unpaired) electrons. The molecule has 0 aliphatic heterocycles. The minimum atomic E-state index is -0.188. The molecule has 88 valence electrons. The summed E-state index contributed by atoms with van der Waals surface area (Å²) in [5.74, 6) is 0.363. The third kappa shape index (κ3) is 2.33. The van der Waals surface area contributed by atoms with E-state index < -0.39 is 0 Å². The first kappa shape index (κ1) is 11.3. The lowest BCUT2D eigenvalue weighted by molar-refractivity contribution is 0.102. The lowest BCUT2D eigenvalue weighted by Gasteiger charge is -2.04. The van der Waals surface area contributed by atoms with Gasteiger partial charge >= 0.3 is 0 Å². The maximum Gasteiger partial charge on any atom is 0.260 e. The number of nitrogens with one attached hydrogen (secondary N) is 2. The topological polar surface area (TPSA) is 70.7 Å². The van der Waals surface area contributed by atoms with Gasteiger partial charge in [-0.15, -0.1) is 0 Å². The molecule has 2 heterocycles. The molecule has 0 saturated carbocycles. The Hall–Kier alpha value is -2.17. The van der Waals surface area contributed by atoms with Crippen molar-refractivity contribution in [2.45, 2.75) is 20.8 Å². The molecular weight excluding hydrogens is 216 g/mol. The van der Waals surface area contributed by atoms with Crippen molar-refractivity contribution in [1.82, 2.24) is 15.2 Å². The van der Waals surface area contributed by atoms with E-state index in [1.165, 1.54) is 0 Å². The van der Waals surface area contributed by atoms with Crippen LogP contribution in [0.25, 0.3) is 0 Å². The first-order valence-electron chi connectivity index (χ1n) is 5.33. The molecule has 0 aliphatic rings. The number of hydrogen-bond donors (Lipinski definition) is 2. The highest BCUT2D eigenvalue weighted by Crippen LogP contribution is 2.12. The first-order chi connectivity index (χ1) is 8.08. The standard InChI is InChI=1S/C12H14N4O/c1-7-4-5-13-10(6-7)14-12(17)11-8(2)15-16-9(11)3/h4-6H,1-3H3,(H,15,16)(H,13,14,17). The van der Waals surface area contributed by atoms with E-state index in [-0.39, 0.29) is 5.91 Å². The molecule has 0 unspecified atom stereocenters. The molecule has 2 rings (SSSR count). The van der Waals surface area contributed by atoms with Crippen LogP contribution >= 0.6 is 0 Å². The van der Waals surface area contributed by atoms with Crippen LogP contribution in [0.3, 0.4) is 0 Å². The fourth-order valence-electron chi connectivity index (χ4n) is 1.67. The van der Waals surface area contributed by atoms with E-state index in [1.54, 1.807) is 13.1 Å². The van der Waals surface area contributed by atoms with Gasteiger partial charge in [0.2, 0.25) is 0 Å². The number of carbonyl (C=O) groups is 1. The smallest absolute Gasteiger partial charge is 0.260 e. The second-order valence-corrected chi connectivity index (χ2v) is 3.98. The Morgan fingerprint density at radius 3 is 2.71 bits per heavy atom. The average molecular weight is 230 g/mol. The zero-order valence-corrected chi connectivity index (χ0v) is 10.0. The van der Waals surface area contributed by atoms with Crippen LogP contribution in [0.1, 0.15) is 27.3 Å². The van der Waals surface area contributed by atoms with Gasteiger partial charge in [-0.25, -0.2) is 4.98 Å². The van der Waals surface area contributed by atoms with Crippen LogP contribution in [0, 0.1) is 20.8 Å². The molecule has 5 nitrogen and oxygen atoms in total. The molecule has 0 bridgehead atoms. The van der Waals surface area contributed by atoms with Crippen LogP contribution in [0.15, 0.2) is 18.3 Å². The SMILES string of the molecule is Cc1ccnc(NC(=O)c2c(C)n[nH]c2C)c1. The second-order valence-electron chi connectivity index (χ2n) is 3.98. The molecule has 2 aromatic heterocycles.